The van der Waals surface area contributed by atoms with Gasteiger partial charge in [-0.1, -0.05) is 0 Å². The molecule has 0 aliphatic carbocycles. The van der Waals surface area contributed by atoms with E-state index in [-0.39, 0.29) is 0 Å². The first-order chi connectivity index (χ1) is 4.18. The van der Waals surface area contributed by atoms with Crippen LogP contribution in [0.25, 0.3) is 0 Å². The summed E-state index contributed by atoms with van der Waals surface area (Å²) in [5, 5.41) is 0. The number of hydrogen-bond acceptors (Lipinski definition) is 0. The summed E-state index contributed by atoms with van der Waals surface area (Å²) in [5.41, 5.74) is 0.951. The number of allylic oxidation sites excluding steroid dienone is 3. The van der Waals surface area contributed by atoms with Crippen LogP contribution in [0.1, 0.15) is 13.8 Å². The van der Waals surface area contributed by atoms with Crippen LogP contribution >= 0.6 is 0 Å². The summed E-state index contributed by atoms with van der Waals surface area (Å²) in [4.78, 5) is 0. The Labute approximate surface area is 68.1 Å². The van der Waals surface area contributed by atoms with Gasteiger partial charge in [0.05, 0.1) is 0 Å². The van der Waals surface area contributed by atoms with Crippen LogP contribution in [0.5, 0.6) is 0 Å². The van der Waals surface area contributed by atoms with E-state index < -0.39 is 0 Å². The van der Waals surface area contributed by atoms with Crippen molar-refractivity contribution in [2.45, 2.75) is 13.8 Å². The molecule has 0 amide bonds. The van der Waals surface area contributed by atoms with Gasteiger partial charge in [0.1, 0.15) is 0 Å². The standard InChI is InChI=1S/C8H11.W/c1-5-6-8(4)7(2)3;/h1,4-7H,2-3H3;/q-1;/b6-5-;. The molecule has 0 aromatic carbocycles. The van der Waals surface area contributed by atoms with E-state index in [9.17, 15) is 0 Å². The van der Waals surface area contributed by atoms with Crippen molar-refractivity contribution in [3.63, 3.8) is 0 Å². The summed E-state index contributed by atoms with van der Waals surface area (Å²) >= 11 is 1.46. The fourth-order valence-electron chi connectivity index (χ4n) is 0.343. The van der Waals surface area contributed by atoms with Gasteiger partial charge in [-0.05, 0) is 0 Å². The van der Waals surface area contributed by atoms with Gasteiger partial charge in [-0.15, -0.1) is 0 Å². The van der Waals surface area contributed by atoms with Gasteiger partial charge in [-0.2, -0.15) is 0 Å². The Bertz CT molecular complexity index is 132. The van der Waals surface area contributed by atoms with Gasteiger partial charge >= 0.3 is 67.8 Å². The molecule has 0 unspecified atom stereocenters. The third-order valence-electron chi connectivity index (χ3n) is 1.03. The van der Waals surface area contributed by atoms with Crippen LogP contribution in [0, 0.1) is 12.5 Å². The van der Waals surface area contributed by atoms with Gasteiger partial charge in [0.25, 0.3) is 0 Å². The predicted octanol–water partition coefficient (Wildman–Crippen LogP) is 1.91. The summed E-state index contributed by atoms with van der Waals surface area (Å²) in [5.74, 6) is 0.469. The van der Waals surface area contributed by atoms with Crippen molar-refractivity contribution in [1.29, 1.82) is 0 Å². The minimum absolute atomic E-state index is 0.469. The van der Waals surface area contributed by atoms with Crippen molar-refractivity contribution in [2.75, 3.05) is 0 Å². The van der Waals surface area contributed by atoms with E-state index in [1.807, 2.05) is 12.2 Å². The average Bonchev–Trinajstić information content (AvgIpc) is 1.82. The summed E-state index contributed by atoms with van der Waals surface area (Å²) in [6, 6.07) is 0. The Hall–Kier alpha value is 0.0383. The van der Waals surface area contributed by atoms with Crippen LogP contribution in [0.4, 0.5) is 0 Å². The molecule has 0 rings (SSSR count). The first-order valence-electron chi connectivity index (χ1n) is 2.92. The molecule has 50 valence electrons. The summed E-state index contributed by atoms with van der Waals surface area (Å²) in [6.45, 7) is 9.79. The van der Waals surface area contributed by atoms with Gasteiger partial charge in [0.2, 0.25) is 0 Å². The molecule has 0 aliphatic heterocycles. The monoisotopic (exact) mass is 291 g/mol. The molecule has 0 bridgehead atoms. The normalized spacial score (nSPS) is 10.6. The SMILES string of the molecule is [CH-]=C(/C=C\[CH]=[W])C(C)C. The Kier molecular flexibility index (Phi) is 4.90. The molecule has 0 radical (unpaired) electrons. The van der Waals surface area contributed by atoms with Crippen LogP contribution < -0.4 is 0 Å². The van der Waals surface area contributed by atoms with E-state index >= 15 is 0 Å². The van der Waals surface area contributed by atoms with Crippen molar-refractivity contribution in [3.05, 3.63) is 24.3 Å². The molecule has 0 aliphatic rings. The first kappa shape index (κ1) is 9.04. The quantitative estimate of drug-likeness (QED) is 0.550. The van der Waals surface area contributed by atoms with Crippen LogP contribution in [-0.4, -0.2) is 4.40 Å². The Morgan fingerprint density at radius 1 is 1.56 bits per heavy atom. The second kappa shape index (κ2) is 4.87. The van der Waals surface area contributed by atoms with E-state index in [1.165, 1.54) is 19.4 Å². The maximum atomic E-state index is 5.62. The molecule has 0 spiro atoms. The number of hydrogen-bond donors (Lipinski definition) is 0. The molecule has 0 aromatic heterocycles. The van der Waals surface area contributed by atoms with Crippen LogP contribution in [0.3, 0.4) is 0 Å². The molecule has 1 heteroatoms. The van der Waals surface area contributed by atoms with Gasteiger partial charge in [0.15, 0.2) is 0 Å². The molecule has 0 heterocycles. The summed E-state index contributed by atoms with van der Waals surface area (Å²) in [6.07, 6.45) is 3.95. The topological polar surface area (TPSA) is 0 Å². The number of rotatable bonds is 3. The van der Waals surface area contributed by atoms with E-state index in [4.69, 9.17) is 6.58 Å². The Balaban J connectivity index is 3.76. The van der Waals surface area contributed by atoms with Crippen molar-refractivity contribution in [1.82, 2.24) is 0 Å². The van der Waals surface area contributed by atoms with Gasteiger partial charge < -0.3 is 0 Å². The van der Waals surface area contributed by atoms with E-state index in [0.29, 0.717) is 5.92 Å². The van der Waals surface area contributed by atoms with E-state index in [0.717, 1.165) is 5.57 Å². The van der Waals surface area contributed by atoms with Crippen molar-refractivity contribution < 1.29 is 19.4 Å². The second-order valence-electron chi connectivity index (χ2n) is 2.15. The van der Waals surface area contributed by atoms with E-state index in [2.05, 4.69) is 18.2 Å². The molecule has 9 heavy (non-hydrogen) atoms. The van der Waals surface area contributed by atoms with Gasteiger partial charge in [-0.3, -0.25) is 0 Å². The molecule has 0 atom stereocenters. The predicted molar refractivity (Wildman–Crippen MR) is 37.9 cm³/mol. The summed E-state index contributed by atoms with van der Waals surface area (Å²) in [7, 11) is 0. The zero-order valence-corrected chi connectivity index (χ0v) is 8.73. The fraction of sp³-hybridized carbons (Fsp3) is 0.375. The second-order valence-corrected chi connectivity index (χ2v) is 3.13. The van der Waals surface area contributed by atoms with Crippen LogP contribution in [0.2, 0.25) is 0 Å². The first-order valence-corrected chi connectivity index (χ1v) is 4.62. The van der Waals surface area contributed by atoms with E-state index in [1.54, 1.807) is 0 Å². The Morgan fingerprint density at radius 2 is 2.11 bits per heavy atom. The Morgan fingerprint density at radius 3 is 2.44 bits per heavy atom. The molecule has 0 N–H and O–H groups in total. The molecule has 0 saturated carbocycles. The molecule has 0 nitrogen and oxygen atoms in total. The zero-order chi connectivity index (χ0) is 7.28. The summed E-state index contributed by atoms with van der Waals surface area (Å²) < 4.78 is 2.05. The molecular formula is C8H11W-. The van der Waals surface area contributed by atoms with Gasteiger partial charge in [0, 0.05) is 0 Å². The molecule has 0 saturated heterocycles. The fourth-order valence-corrected chi connectivity index (χ4v) is 0.625. The van der Waals surface area contributed by atoms with Gasteiger partial charge in [-0.25, -0.2) is 0 Å². The van der Waals surface area contributed by atoms with Crippen LogP contribution in [-0.2, 0) is 19.4 Å². The van der Waals surface area contributed by atoms with Crippen molar-refractivity contribution >= 4 is 4.40 Å². The minimum atomic E-state index is 0.469. The van der Waals surface area contributed by atoms with Crippen molar-refractivity contribution in [2.24, 2.45) is 5.92 Å². The molecular weight excluding hydrogens is 280 g/mol. The maximum absolute atomic E-state index is 5.62. The molecule has 0 aromatic rings. The third kappa shape index (κ3) is 4.54. The third-order valence-corrected chi connectivity index (χ3v) is 1.60. The average molecular weight is 291 g/mol. The van der Waals surface area contributed by atoms with Crippen LogP contribution in [0.15, 0.2) is 17.7 Å². The molecule has 0 fully saturated rings. The zero-order valence-electron chi connectivity index (χ0n) is 5.79. The van der Waals surface area contributed by atoms with Crippen molar-refractivity contribution in [3.8, 4) is 0 Å².